The van der Waals surface area contributed by atoms with Gasteiger partial charge in [-0.3, -0.25) is 38.6 Å². The van der Waals surface area contributed by atoms with Crippen LogP contribution in [0.25, 0.3) is 0 Å². The van der Waals surface area contributed by atoms with Gasteiger partial charge >= 0.3 is 0 Å². The standard InChI is InChI=1S/C34H38N4O18/c39-10-19(35-28(51)16-4-1-7-22(45)25(16)48)32(55)38(31(54)18-6-3-9-24(47)27(18)50)21(12-41)33(56)37(30(53)17-5-2-8-23(46)26(17)49)20(11-40)29(52)36-34(13-42,14-43)15-44/h1-9,19-21,39-50H,10-15H2,(H,35,51)(H,36,52)/t19-,20-,21-/m0/s1. The molecule has 22 nitrogen and oxygen atoms in total. The molecule has 6 amide bonds. The van der Waals surface area contributed by atoms with E-state index in [4.69, 9.17) is 0 Å². The molecule has 3 rings (SSSR count). The maximum absolute atomic E-state index is 14.5. The lowest BCUT2D eigenvalue weighted by Crippen LogP contribution is -2.66. The average Bonchev–Trinajstić information content (AvgIpc) is 3.19. The number of phenols is 6. The summed E-state index contributed by atoms with van der Waals surface area (Å²) >= 11 is 0. The van der Waals surface area contributed by atoms with Crippen molar-refractivity contribution < 1.29 is 90.0 Å². The fourth-order valence-corrected chi connectivity index (χ4v) is 5.09. The molecular weight excluding hydrogens is 752 g/mol. The summed E-state index contributed by atoms with van der Waals surface area (Å²) in [5, 5.41) is 126. The molecule has 56 heavy (non-hydrogen) atoms. The first-order valence-electron chi connectivity index (χ1n) is 16.0. The van der Waals surface area contributed by atoms with Crippen LogP contribution < -0.4 is 10.6 Å². The zero-order valence-electron chi connectivity index (χ0n) is 28.9. The molecule has 0 aromatic heterocycles. The van der Waals surface area contributed by atoms with E-state index >= 15 is 0 Å². The van der Waals surface area contributed by atoms with E-state index in [1.165, 1.54) is 0 Å². The number of rotatable bonds is 16. The number of aliphatic hydroxyl groups is 6. The zero-order chi connectivity index (χ0) is 42.1. The van der Waals surface area contributed by atoms with Crippen molar-refractivity contribution in [1.29, 1.82) is 0 Å². The molecule has 0 aliphatic carbocycles. The molecule has 22 heteroatoms. The van der Waals surface area contributed by atoms with Gasteiger partial charge in [-0.15, -0.1) is 0 Å². The number of imide groups is 2. The van der Waals surface area contributed by atoms with Gasteiger partial charge in [0.15, 0.2) is 34.5 Å². The van der Waals surface area contributed by atoms with E-state index in [1.807, 2.05) is 10.6 Å². The van der Waals surface area contributed by atoms with Gasteiger partial charge in [0.1, 0.15) is 23.7 Å². The Morgan fingerprint density at radius 3 is 1.32 bits per heavy atom. The summed E-state index contributed by atoms with van der Waals surface area (Å²) in [5.41, 5.74) is -4.84. The second kappa shape index (κ2) is 18.7. The molecule has 0 aliphatic heterocycles. The quantitative estimate of drug-likeness (QED) is 0.0613. The normalized spacial score (nSPS) is 12.8. The van der Waals surface area contributed by atoms with Crippen molar-refractivity contribution in [2.45, 2.75) is 23.7 Å². The van der Waals surface area contributed by atoms with Gasteiger partial charge in [0.05, 0.1) is 56.3 Å². The number of phenolic OH excluding ortho intramolecular Hbond substituents is 6. The minimum Gasteiger partial charge on any atom is -0.504 e. The molecule has 0 heterocycles. The topological polar surface area (TPSA) is 376 Å². The van der Waals surface area contributed by atoms with E-state index in [1.54, 1.807) is 0 Å². The Kier molecular flexibility index (Phi) is 14.6. The third-order valence-corrected chi connectivity index (χ3v) is 8.30. The lowest BCUT2D eigenvalue weighted by atomic mass is 10.0. The van der Waals surface area contributed by atoms with Crippen LogP contribution in [-0.2, 0) is 14.4 Å². The molecule has 3 aromatic rings. The summed E-state index contributed by atoms with van der Waals surface area (Å²) < 4.78 is 0. The number of hydrogen-bond acceptors (Lipinski definition) is 18. The van der Waals surface area contributed by atoms with Gasteiger partial charge in [-0.2, -0.15) is 0 Å². The lowest BCUT2D eigenvalue weighted by molar-refractivity contribution is -0.149. The van der Waals surface area contributed by atoms with Crippen LogP contribution in [0.15, 0.2) is 54.6 Å². The van der Waals surface area contributed by atoms with E-state index < -0.39 is 150 Å². The Bertz CT molecular complexity index is 1960. The largest absolute Gasteiger partial charge is 0.504 e. The molecule has 3 atom stereocenters. The van der Waals surface area contributed by atoms with Gasteiger partial charge in [0.2, 0.25) is 5.91 Å². The number of amides is 6. The minimum absolute atomic E-state index is 0.200. The SMILES string of the molecule is O=C(N[C@@H](CO)C(=O)N(C(=O)c1cccc(O)c1O)[C@@H](CO)C(=O)N(C(=O)c1cccc(O)c1O)[C@@H](CO)C(=O)NC(CO)(CO)CO)c1cccc(O)c1O. The number of carbonyl (C=O) groups excluding carboxylic acids is 6. The van der Waals surface area contributed by atoms with Crippen LogP contribution in [0.4, 0.5) is 0 Å². The Morgan fingerprint density at radius 2 is 0.929 bits per heavy atom. The third kappa shape index (κ3) is 8.86. The van der Waals surface area contributed by atoms with Crippen molar-refractivity contribution in [3.05, 3.63) is 71.3 Å². The first-order chi connectivity index (χ1) is 26.5. The highest BCUT2D eigenvalue weighted by molar-refractivity contribution is 6.15. The minimum atomic E-state index is -2.75. The Hall–Kier alpha value is -6.56. The zero-order valence-corrected chi connectivity index (χ0v) is 28.9. The smallest absolute Gasteiger partial charge is 0.265 e. The average molecular weight is 791 g/mol. The van der Waals surface area contributed by atoms with Crippen LogP contribution in [0.5, 0.6) is 34.5 Å². The first kappa shape index (κ1) is 43.8. The maximum Gasteiger partial charge on any atom is 0.265 e. The van der Waals surface area contributed by atoms with Gasteiger partial charge in [-0.25, -0.2) is 0 Å². The van der Waals surface area contributed by atoms with E-state index in [-0.39, 0.29) is 9.80 Å². The Balaban J connectivity index is 2.29. The number of hydrogen-bond donors (Lipinski definition) is 14. The molecular formula is C34H38N4O18. The summed E-state index contributed by atoms with van der Waals surface area (Å²) in [7, 11) is 0. The van der Waals surface area contributed by atoms with E-state index in [2.05, 4.69) is 0 Å². The molecule has 302 valence electrons. The molecule has 0 aliphatic rings. The molecule has 0 unspecified atom stereocenters. The van der Waals surface area contributed by atoms with Crippen LogP contribution in [0, 0.1) is 0 Å². The van der Waals surface area contributed by atoms with Gasteiger partial charge in [0.25, 0.3) is 29.5 Å². The van der Waals surface area contributed by atoms with Gasteiger partial charge in [0, 0.05) is 0 Å². The third-order valence-electron chi connectivity index (χ3n) is 8.30. The fraction of sp³-hybridized carbons (Fsp3) is 0.294. The van der Waals surface area contributed by atoms with Gasteiger partial charge in [-0.05, 0) is 36.4 Å². The Morgan fingerprint density at radius 1 is 0.536 bits per heavy atom. The number of nitrogens with one attached hydrogen (secondary N) is 2. The van der Waals surface area contributed by atoms with Crippen molar-refractivity contribution in [3.63, 3.8) is 0 Å². The van der Waals surface area contributed by atoms with E-state index in [0.717, 1.165) is 54.6 Å². The van der Waals surface area contributed by atoms with Crippen LogP contribution in [0.1, 0.15) is 31.1 Å². The van der Waals surface area contributed by atoms with Crippen LogP contribution in [-0.4, -0.2) is 170 Å². The number of nitrogens with zero attached hydrogens (tertiary/aromatic N) is 2. The highest BCUT2D eigenvalue weighted by Crippen LogP contribution is 2.33. The van der Waals surface area contributed by atoms with Crippen molar-refractivity contribution in [2.75, 3.05) is 39.6 Å². The first-order valence-corrected chi connectivity index (χ1v) is 16.0. The number of aromatic hydroxyl groups is 6. The van der Waals surface area contributed by atoms with Crippen LogP contribution in [0.2, 0.25) is 0 Å². The summed E-state index contributed by atoms with van der Waals surface area (Å²) in [6, 6.07) is 0.858. The second-order valence-corrected chi connectivity index (χ2v) is 11.9. The van der Waals surface area contributed by atoms with Crippen LogP contribution >= 0.6 is 0 Å². The molecule has 0 radical (unpaired) electrons. The molecule has 3 aromatic carbocycles. The Labute approximate surface area is 315 Å². The van der Waals surface area contributed by atoms with Crippen molar-refractivity contribution in [3.8, 4) is 34.5 Å². The molecule has 0 spiro atoms. The molecule has 0 saturated heterocycles. The molecule has 0 saturated carbocycles. The predicted molar refractivity (Wildman–Crippen MR) is 184 cm³/mol. The number of benzene rings is 3. The highest BCUT2D eigenvalue weighted by Gasteiger charge is 2.47. The van der Waals surface area contributed by atoms with Crippen molar-refractivity contribution in [1.82, 2.24) is 20.4 Å². The lowest BCUT2D eigenvalue weighted by Gasteiger charge is -2.37. The molecule has 14 N–H and O–H groups in total. The van der Waals surface area contributed by atoms with E-state index in [9.17, 15) is 90.0 Å². The highest BCUT2D eigenvalue weighted by atomic mass is 16.3. The summed E-state index contributed by atoms with van der Waals surface area (Å²) in [6.07, 6.45) is 0. The number of aliphatic hydroxyl groups excluding tert-OH is 6. The van der Waals surface area contributed by atoms with Crippen molar-refractivity contribution in [2.24, 2.45) is 0 Å². The maximum atomic E-state index is 14.5. The number of para-hydroxylation sites is 3. The van der Waals surface area contributed by atoms with Gasteiger partial charge in [-0.1, -0.05) is 18.2 Å². The molecule has 0 fully saturated rings. The number of carbonyl (C=O) groups is 6. The summed E-state index contributed by atoms with van der Waals surface area (Å²) in [4.78, 5) is 83.1. The van der Waals surface area contributed by atoms with Crippen LogP contribution in [0.3, 0.4) is 0 Å². The van der Waals surface area contributed by atoms with E-state index in [0.29, 0.717) is 0 Å². The monoisotopic (exact) mass is 790 g/mol. The van der Waals surface area contributed by atoms with Crippen molar-refractivity contribution >= 4 is 35.4 Å². The summed E-state index contributed by atoms with van der Waals surface area (Å²) in [5.74, 6) is -16.3. The van der Waals surface area contributed by atoms with Gasteiger partial charge < -0.3 is 71.9 Å². The second-order valence-electron chi connectivity index (χ2n) is 11.9. The fourth-order valence-electron chi connectivity index (χ4n) is 5.09. The summed E-state index contributed by atoms with van der Waals surface area (Å²) in [6.45, 7) is -8.10. The predicted octanol–water partition coefficient (Wildman–Crippen LogP) is -4.10. The molecule has 0 bridgehead atoms.